The number of hydrogen-bond acceptors (Lipinski definition) is 2. The first-order valence-corrected chi connectivity index (χ1v) is 8.64. The maximum absolute atomic E-state index is 4.24. The van der Waals surface area contributed by atoms with Crippen molar-refractivity contribution in [3.63, 3.8) is 0 Å². The van der Waals surface area contributed by atoms with Crippen LogP contribution in [0.25, 0.3) is 0 Å². The molecule has 0 saturated carbocycles. The fourth-order valence-corrected chi connectivity index (χ4v) is 2.74. The van der Waals surface area contributed by atoms with Crippen LogP contribution in [0.15, 0.2) is 4.99 Å². The van der Waals surface area contributed by atoms with Gasteiger partial charge in [-0.1, -0.05) is 77.6 Å². The molecule has 0 radical (unpaired) electrons. The summed E-state index contributed by atoms with van der Waals surface area (Å²) in [6.45, 7) is 5.56. The molecule has 0 fully saturated rings. The Kier molecular flexibility index (Phi) is 11.1. The molecule has 0 atom stereocenters. The van der Waals surface area contributed by atoms with Crippen LogP contribution in [0, 0.1) is 0 Å². The Labute approximate surface area is 120 Å². The second kappa shape index (κ2) is 12.7. The van der Waals surface area contributed by atoms with Crippen LogP contribution in [0.5, 0.6) is 0 Å². The summed E-state index contributed by atoms with van der Waals surface area (Å²) in [5.41, 5.74) is 0. The van der Waals surface area contributed by atoms with E-state index in [2.05, 4.69) is 16.8 Å². The molecule has 0 unspecified atom stereocenters. The Morgan fingerprint density at radius 1 is 0.789 bits per heavy atom. The molecule has 0 amide bonds. The van der Waals surface area contributed by atoms with Crippen LogP contribution < -0.4 is 0 Å². The van der Waals surface area contributed by atoms with Crippen molar-refractivity contribution in [3.8, 4) is 0 Å². The lowest BCUT2D eigenvalue weighted by atomic mass is 10.1. The van der Waals surface area contributed by atoms with Gasteiger partial charge in [0.1, 0.15) is 0 Å². The first-order chi connectivity index (χ1) is 9.43. The highest BCUT2D eigenvalue weighted by molar-refractivity contribution is 5.61. The summed E-state index contributed by atoms with van der Waals surface area (Å²) in [5.74, 6) is 0. The third-order valence-corrected chi connectivity index (χ3v) is 4.08. The van der Waals surface area contributed by atoms with Gasteiger partial charge in [0.2, 0.25) is 0 Å². The van der Waals surface area contributed by atoms with Gasteiger partial charge in [0.15, 0.2) is 0 Å². The van der Waals surface area contributed by atoms with E-state index < -0.39 is 0 Å². The molecule has 0 aromatic rings. The topological polar surface area (TPSA) is 15.6 Å². The van der Waals surface area contributed by atoms with E-state index in [1.165, 1.54) is 83.6 Å². The largest absolute Gasteiger partial charge is 0.281 e. The second-order valence-electron chi connectivity index (χ2n) is 5.97. The Morgan fingerprint density at radius 2 is 1.32 bits per heavy atom. The average molecular weight is 266 g/mol. The SMILES string of the molecule is CCCCCCCCCCCCCCN1CC=NC1. The monoisotopic (exact) mass is 266 g/mol. The van der Waals surface area contributed by atoms with Crippen molar-refractivity contribution in [2.24, 2.45) is 4.99 Å². The van der Waals surface area contributed by atoms with E-state index in [1.54, 1.807) is 0 Å². The van der Waals surface area contributed by atoms with Crippen molar-refractivity contribution < 1.29 is 0 Å². The predicted molar refractivity (Wildman–Crippen MR) is 86.0 cm³/mol. The van der Waals surface area contributed by atoms with E-state index in [1.807, 2.05) is 6.21 Å². The van der Waals surface area contributed by atoms with E-state index in [0.29, 0.717) is 0 Å². The van der Waals surface area contributed by atoms with Crippen LogP contribution in [0.3, 0.4) is 0 Å². The number of hydrogen-bond donors (Lipinski definition) is 0. The molecule has 1 aliphatic rings. The van der Waals surface area contributed by atoms with E-state index in [4.69, 9.17) is 0 Å². The van der Waals surface area contributed by atoms with Crippen LogP contribution in [0.1, 0.15) is 84.0 Å². The van der Waals surface area contributed by atoms with E-state index in [0.717, 1.165) is 13.2 Å². The third-order valence-electron chi connectivity index (χ3n) is 4.08. The van der Waals surface area contributed by atoms with Crippen LogP contribution in [-0.2, 0) is 0 Å². The summed E-state index contributed by atoms with van der Waals surface area (Å²) in [5, 5.41) is 0. The highest BCUT2D eigenvalue weighted by atomic mass is 15.2. The van der Waals surface area contributed by atoms with E-state index in [9.17, 15) is 0 Å². The van der Waals surface area contributed by atoms with Gasteiger partial charge in [-0.15, -0.1) is 0 Å². The summed E-state index contributed by atoms with van der Waals surface area (Å²) >= 11 is 0. The second-order valence-corrected chi connectivity index (χ2v) is 5.97. The Bertz CT molecular complexity index is 205. The minimum absolute atomic E-state index is 0.942. The predicted octanol–water partition coefficient (Wildman–Crippen LogP) is 5.03. The number of nitrogens with zero attached hydrogens (tertiary/aromatic N) is 2. The molecule has 19 heavy (non-hydrogen) atoms. The standard InChI is InChI=1S/C17H34N2/c1-2-3-4-5-6-7-8-9-10-11-12-13-15-19-16-14-18-17-19/h14H,2-13,15-17H2,1H3. The van der Waals surface area contributed by atoms with Crippen molar-refractivity contribution >= 4 is 6.21 Å². The van der Waals surface area contributed by atoms with Gasteiger partial charge in [-0.05, 0) is 6.42 Å². The smallest absolute Gasteiger partial charge is 0.0909 e. The maximum Gasteiger partial charge on any atom is 0.0909 e. The van der Waals surface area contributed by atoms with Gasteiger partial charge in [-0.3, -0.25) is 9.89 Å². The van der Waals surface area contributed by atoms with Crippen LogP contribution in [-0.4, -0.2) is 30.9 Å². The molecule has 2 heteroatoms. The number of aliphatic imine (C=N–C) groups is 1. The highest BCUT2D eigenvalue weighted by Crippen LogP contribution is 2.12. The van der Waals surface area contributed by atoms with Crippen LogP contribution in [0.2, 0.25) is 0 Å². The fourth-order valence-electron chi connectivity index (χ4n) is 2.74. The number of unbranched alkanes of at least 4 members (excludes halogenated alkanes) is 11. The van der Waals surface area contributed by atoms with E-state index in [-0.39, 0.29) is 0 Å². The van der Waals surface area contributed by atoms with Crippen molar-refractivity contribution in [1.29, 1.82) is 0 Å². The van der Waals surface area contributed by atoms with Crippen LogP contribution >= 0.6 is 0 Å². The molecular formula is C17H34N2. The van der Waals surface area contributed by atoms with Crippen molar-refractivity contribution in [2.45, 2.75) is 84.0 Å². The first-order valence-electron chi connectivity index (χ1n) is 8.64. The molecule has 0 saturated heterocycles. The minimum atomic E-state index is 0.942. The Balaban J connectivity index is 1.67. The van der Waals surface area contributed by atoms with E-state index >= 15 is 0 Å². The van der Waals surface area contributed by atoms with Gasteiger partial charge in [0.05, 0.1) is 6.67 Å². The Morgan fingerprint density at radius 3 is 1.79 bits per heavy atom. The van der Waals surface area contributed by atoms with Gasteiger partial charge >= 0.3 is 0 Å². The summed E-state index contributed by atoms with van der Waals surface area (Å²) in [6.07, 6.45) is 19.3. The zero-order chi connectivity index (χ0) is 13.6. The van der Waals surface area contributed by atoms with Crippen LogP contribution in [0.4, 0.5) is 0 Å². The molecule has 0 bridgehead atoms. The molecule has 0 aliphatic carbocycles. The van der Waals surface area contributed by atoms with Gasteiger partial charge in [0.25, 0.3) is 0 Å². The quantitative estimate of drug-likeness (QED) is 0.427. The minimum Gasteiger partial charge on any atom is -0.281 e. The molecule has 1 rings (SSSR count). The zero-order valence-electron chi connectivity index (χ0n) is 13.1. The molecule has 0 aromatic heterocycles. The molecule has 112 valence electrons. The highest BCUT2D eigenvalue weighted by Gasteiger charge is 2.05. The molecule has 0 N–H and O–H groups in total. The third kappa shape index (κ3) is 10.1. The lowest BCUT2D eigenvalue weighted by molar-refractivity contribution is 0.331. The Hall–Kier alpha value is -0.370. The van der Waals surface area contributed by atoms with Gasteiger partial charge in [-0.25, -0.2) is 0 Å². The summed E-state index contributed by atoms with van der Waals surface area (Å²) in [7, 11) is 0. The lowest BCUT2D eigenvalue weighted by Gasteiger charge is -2.12. The number of rotatable bonds is 13. The average Bonchev–Trinajstić information content (AvgIpc) is 2.93. The summed E-state index contributed by atoms with van der Waals surface area (Å²) in [4.78, 5) is 6.67. The van der Waals surface area contributed by atoms with Gasteiger partial charge in [0, 0.05) is 19.3 Å². The van der Waals surface area contributed by atoms with Gasteiger partial charge in [-0.2, -0.15) is 0 Å². The molecular weight excluding hydrogens is 232 g/mol. The summed E-state index contributed by atoms with van der Waals surface area (Å²) < 4.78 is 0. The van der Waals surface area contributed by atoms with Gasteiger partial charge < -0.3 is 0 Å². The molecule has 1 heterocycles. The van der Waals surface area contributed by atoms with Crippen molar-refractivity contribution in [1.82, 2.24) is 4.90 Å². The molecule has 1 aliphatic heterocycles. The van der Waals surface area contributed by atoms with Crippen molar-refractivity contribution in [3.05, 3.63) is 0 Å². The molecule has 0 spiro atoms. The zero-order valence-corrected chi connectivity index (χ0v) is 13.1. The molecule has 2 nitrogen and oxygen atoms in total. The maximum atomic E-state index is 4.24. The first kappa shape index (κ1) is 16.7. The fraction of sp³-hybridized carbons (Fsp3) is 0.941. The normalized spacial score (nSPS) is 15.4. The lowest BCUT2D eigenvalue weighted by Crippen LogP contribution is -2.21. The van der Waals surface area contributed by atoms with Crippen molar-refractivity contribution in [2.75, 3.05) is 19.8 Å². The molecule has 0 aromatic carbocycles. The summed E-state index contributed by atoms with van der Waals surface area (Å²) in [6, 6.07) is 0.